The van der Waals surface area contributed by atoms with Gasteiger partial charge in [-0.25, -0.2) is 19.9 Å². The Morgan fingerprint density at radius 1 is 0.351 bits per heavy atom. The number of hydrogen-bond acceptors (Lipinski definition) is 2. The zero-order valence-electron chi connectivity index (χ0n) is 30.6. The third-order valence-corrected chi connectivity index (χ3v) is 9.70. The number of halogens is 4. The monoisotopic (exact) mass is 820 g/mol. The molecular weight excluding hydrogens is 786 g/mol. The van der Waals surface area contributed by atoms with Crippen LogP contribution in [-0.4, -0.2) is 15.3 Å². The van der Waals surface area contributed by atoms with Crippen molar-refractivity contribution in [2.45, 2.75) is 0 Å². The molecule has 2 N–H and O–H groups in total. The molecule has 4 aromatic heterocycles. The predicted molar refractivity (Wildman–Crippen MR) is 230 cm³/mol. The average Bonchev–Trinajstić information content (AvgIpc) is 3.27. The molecular formula is C49H36Cl4N4. The number of nitrogens with one attached hydrogen (secondary N) is 2. The normalized spacial score (nSPS) is 10.4. The van der Waals surface area contributed by atoms with Crippen LogP contribution in [0.3, 0.4) is 0 Å². The van der Waals surface area contributed by atoms with Gasteiger partial charge in [-0.3, -0.25) is 0 Å². The molecule has 0 bridgehead atoms. The number of H-pyrrole nitrogens is 2. The van der Waals surface area contributed by atoms with E-state index in [4.69, 9.17) is 33.2 Å². The summed E-state index contributed by atoms with van der Waals surface area (Å²) in [4.78, 5) is 16.2. The summed E-state index contributed by atoms with van der Waals surface area (Å²) in [6, 6.07) is 59.1. The Morgan fingerprint density at radius 2 is 0.632 bits per heavy atom. The van der Waals surface area contributed by atoms with Crippen molar-refractivity contribution >= 4 is 66.8 Å². The summed E-state index contributed by atoms with van der Waals surface area (Å²) < 4.78 is 0. The van der Waals surface area contributed by atoms with Crippen molar-refractivity contribution < 1.29 is 34.8 Å². The van der Waals surface area contributed by atoms with E-state index >= 15 is 0 Å². The largest absolute Gasteiger partial charge is 1.00 e. The van der Waals surface area contributed by atoms with Gasteiger partial charge in [0.15, 0.2) is 12.4 Å². The minimum Gasteiger partial charge on any atom is -1.00 e. The molecule has 0 unspecified atom stereocenters. The maximum absolute atomic E-state index is 4.76. The molecule has 0 saturated heterocycles. The molecule has 0 aliphatic heterocycles. The van der Waals surface area contributed by atoms with Crippen LogP contribution in [0.1, 0.15) is 0 Å². The van der Waals surface area contributed by atoms with Crippen molar-refractivity contribution in [2.24, 2.45) is 0 Å². The highest BCUT2D eigenvalue weighted by atomic mass is 35.5. The molecule has 0 radical (unpaired) electrons. The van der Waals surface area contributed by atoms with Gasteiger partial charge in [0.1, 0.15) is 11.0 Å². The lowest BCUT2D eigenvalue weighted by Gasteiger charge is -2.08. The molecule has 0 amide bonds. The first-order valence-corrected chi connectivity index (χ1v) is 19.1. The lowest BCUT2D eigenvalue weighted by molar-refractivity contribution is -0.343. The van der Waals surface area contributed by atoms with Gasteiger partial charge in [-0.1, -0.05) is 133 Å². The Hall–Kier alpha value is -5.88. The molecule has 0 atom stereocenters. The maximum Gasteiger partial charge on any atom is 0.237 e. The van der Waals surface area contributed by atoms with Gasteiger partial charge in [0.05, 0.1) is 16.1 Å². The number of benzene rings is 6. The summed E-state index contributed by atoms with van der Waals surface area (Å²) in [5.41, 5.74) is 13.8. The zero-order chi connectivity index (χ0) is 37.4. The van der Waals surface area contributed by atoms with Crippen LogP contribution in [0.2, 0.25) is 0 Å². The van der Waals surface area contributed by atoms with Gasteiger partial charge in [0.25, 0.3) is 0 Å². The minimum atomic E-state index is 0. The van der Waals surface area contributed by atoms with Crippen molar-refractivity contribution in [2.75, 3.05) is 5.34 Å². The van der Waals surface area contributed by atoms with Crippen LogP contribution in [0, 0.1) is 0 Å². The lowest BCUT2D eigenvalue weighted by atomic mass is 9.97. The van der Waals surface area contributed by atoms with Crippen LogP contribution in [0.25, 0.3) is 88.1 Å². The van der Waals surface area contributed by atoms with Gasteiger partial charge in [0, 0.05) is 46.4 Å². The van der Waals surface area contributed by atoms with Crippen molar-refractivity contribution in [1.29, 1.82) is 0 Å². The van der Waals surface area contributed by atoms with Crippen LogP contribution >= 0.6 is 23.2 Å². The summed E-state index contributed by atoms with van der Waals surface area (Å²) in [5, 5.41) is 4.88. The summed E-state index contributed by atoms with van der Waals surface area (Å²) in [7, 11) is 0. The SMILES string of the molecule is ClCCl.[Cl-].[Cl-].c1ccc(-c2ccnc3c2ccc2c(-c4ccccc4)cc[nH+]c23)cc1.c1ccc(-c2ccnc3c2ccc2c(-c4ccccc4)cc[nH+]c23)cc1. The molecule has 6 aromatic carbocycles. The Balaban J connectivity index is 0.000000175. The topological polar surface area (TPSA) is 54.1 Å². The molecule has 4 heterocycles. The minimum absolute atomic E-state index is 0. The predicted octanol–water partition coefficient (Wildman–Crippen LogP) is 6.50. The summed E-state index contributed by atoms with van der Waals surface area (Å²) >= 11 is 9.53. The molecule has 8 heteroatoms. The zero-order valence-corrected chi connectivity index (χ0v) is 33.6. The molecule has 0 aliphatic rings. The van der Waals surface area contributed by atoms with E-state index in [9.17, 15) is 0 Å². The number of aromatic nitrogens is 4. The van der Waals surface area contributed by atoms with Crippen LogP contribution in [0.4, 0.5) is 0 Å². The van der Waals surface area contributed by atoms with Crippen LogP contribution in [-0.2, 0) is 0 Å². The fourth-order valence-electron chi connectivity index (χ4n) is 7.25. The quantitative estimate of drug-likeness (QED) is 0.151. The number of pyridine rings is 4. The number of nitrogens with zero attached hydrogens (tertiary/aromatic N) is 2. The highest BCUT2D eigenvalue weighted by molar-refractivity contribution is 6.40. The number of aromatic amines is 2. The van der Waals surface area contributed by atoms with E-state index in [0.29, 0.717) is 0 Å². The number of hydrogen-bond donors (Lipinski definition) is 0. The van der Waals surface area contributed by atoms with E-state index in [1.54, 1.807) is 0 Å². The summed E-state index contributed by atoms with van der Waals surface area (Å²) in [6.07, 6.45) is 7.79. The van der Waals surface area contributed by atoms with Gasteiger partial charge < -0.3 is 24.8 Å². The Bertz CT molecular complexity index is 2470. The molecule has 0 spiro atoms. The fourth-order valence-corrected chi connectivity index (χ4v) is 7.25. The molecule has 57 heavy (non-hydrogen) atoms. The van der Waals surface area contributed by atoms with Gasteiger partial charge >= 0.3 is 0 Å². The lowest BCUT2D eigenvalue weighted by Crippen LogP contribution is -3.00. The van der Waals surface area contributed by atoms with Crippen LogP contribution in [0.5, 0.6) is 0 Å². The van der Waals surface area contributed by atoms with E-state index in [1.807, 2.05) is 49.1 Å². The summed E-state index contributed by atoms with van der Waals surface area (Å²) in [5.74, 6) is 0. The third kappa shape index (κ3) is 8.61. The molecule has 4 nitrogen and oxygen atoms in total. The number of rotatable bonds is 4. The first kappa shape index (κ1) is 40.8. The van der Waals surface area contributed by atoms with Gasteiger partial charge in [-0.15, -0.1) is 23.2 Å². The van der Waals surface area contributed by atoms with E-state index < -0.39 is 0 Å². The third-order valence-electron chi connectivity index (χ3n) is 9.70. The fraction of sp³-hybridized carbons (Fsp3) is 0.0204. The Morgan fingerprint density at radius 3 is 0.947 bits per heavy atom. The first-order valence-electron chi connectivity index (χ1n) is 18.0. The second-order valence-electron chi connectivity index (χ2n) is 12.8. The van der Waals surface area contributed by atoms with Crippen LogP contribution < -0.4 is 34.8 Å². The molecule has 280 valence electrons. The molecule has 0 aliphatic carbocycles. The Kier molecular flexibility index (Phi) is 13.8. The van der Waals surface area contributed by atoms with Crippen LogP contribution in [0.15, 0.2) is 195 Å². The van der Waals surface area contributed by atoms with Crippen molar-refractivity contribution in [3.05, 3.63) is 195 Å². The summed E-state index contributed by atoms with van der Waals surface area (Å²) in [6.45, 7) is 0. The van der Waals surface area contributed by atoms with E-state index in [1.165, 1.54) is 55.3 Å². The first-order chi connectivity index (χ1) is 27.2. The number of alkyl halides is 2. The van der Waals surface area contributed by atoms with Gasteiger partial charge in [0.2, 0.25) is 11.0 Å². The van der Waals surface area contributed by atoms with Crippen molar-refractivity contribution in [3.63, 3.8) is 0 Å². The van der Waals surface area contributed by atoms with Gasteiger partial charge in [-0.2, -0.15) is 0 Å². The van der Waals surface area contributed by atoms with Crippen molar-refractivity contribution in [1.82, 2.24) is 9.97 Å². The van der Waals surface area contributed by atoms with Gasteiger partial charge in [-0.05, 0) is 57.6 Å². The second kappa shape index (κ2) is 19.3. The highest BCUT2D eigenvalue weighted by Gasteiger charge is 2.17. The van der Waals surface area contributed by atoms with Crippen molar-refractivity contribution in [3.8, 4) is 44.5 Å². The Labute approximate surface area is 354 Å². The molecule has 10 rings (SSSR count). The number of fused-ring (bicyclic) bond motifs is 6. The second-order valence-corrected chi connectivity index (χ2v) is 13.6. The van der Waals surface area contributed by atoms with E-state index in [2.05, 4.69) is 156 Å². The van der Waals surface area contributed by atoms with E-state index in [0.717, 1.165) is 32.8 Å². The molecule has 0 fully saturated rings. The molecule has 0 saturated carbocycles. The highest BCUT2D eigenvalue weighted by Crippen LogP contribution is 2.35. The van der Waals surface area contributed by atoms with E-state index in [-0.39, 0.29) is 30.2 Å². The smallest absolute Gasteiger partial charge is 0.237 e. The average molecular weight is 823 g/mol. The standard InChI is InChI=1S/2C24H16N2.CH2Cl2.2ClH/c2*1-3-7-17(8-4-1)19-13-15-25-23-21(19)11-12-22-20(14-16-26-24(22)23)18-9-5-2-6-10-18;2-1-3;;/h2*1-16H;1H2;2*1H. The maximum atomic E-state index is 4.76. The molecule has 10 aromatic rings.